The van der Waals surface area contributed by atoms with Gasteiger partial charge in [0.15, 0.2) is 0 Å². The zero-order chi connectivity index (χ0) is 21.6. The van der Waals surface area contributed by atoms with Crippen LogP contribution in [0.3, 0.4) is 0 Å². The van der Waals surface area contributed by atoms with E-state index in [0.29, 0.717) is 0 Å². The summed E-state index contributed by atoms with van der Waals surface area (Å²) in [5.74, 6) is 0.899. The topological polar surface area (TPSA) is 35.9 Å². The molecule has 0 spiro atoms. The van der Waals surface area contributed by atoms with Gasteiger partial charge >= 0.3 is 0 Å². The first kappa shape index (κ1) is 23.1. The van der Waals surface area contributed by atoms with Crippen molar-refractivity contribution in [2.75, 3.05) is 38.1 Å². The van der Waals surface area contributed by atoms with Crippen molar-refractivity contribution in [2.24, 2.45) is 0 Å². The molecule has 0 atom stereocenters. The van der Waals surface area contributed by atoms with Gasteiger partial charge in [-0.05, 0) is 75.4 Å². The molecule has 5 heteroatoms. The molecule has 0 radical (unpaired) electrons. The first-order chi connectivity index (χ1) is 14.3. The fourth-order valence-corrected chi connectivity index (χ4v) is 4.46. The molecule has 0 bridgehead atoms. The average molecular weight is 475 g/mol. The molecule has 1 saturated heterocycles. The number of aliphatic hydroxyl groups is 1. The number of piperidine rings is 1. The smallest absolute Gasteiger partial charge is 0.119 e. The minimum atomic E-state index is -0.557. The average Bonchev–Trinajstić information content (AvgIpc) is 2.73. The fourth-order valence-electron chi connectivity index (χ4n) is 3.98. The van der Waals surface area contributed by atoms with Gasteiger partial charge in [-0.3, -0.25) is 0 Å². The first-order valence-electron chi connectivity index (χ1n) is 11.0. The van der Waals surface area contributed by atoms with Crippen LogP contribution in [0.25, 0.3) is 0 Å². The largest absolute Gasteiger partial charge is 0.491 e. The van der Waals surface area contributed by atoms with Crippen LogP contribution in [0.4, 0.5) is 5.69 Å². The van der Waals surface area contributed by atoms with E-state index in [2.05, 4.69) is 69.2 Å². The lowest BCUT2D eigenvalue weighted by Gasteiger charge is -2.39. The summed E-state index contributed by atoms with van der Waals surface area (Å²) in [6.45, 7) is 7.89. The van der Waals surface area contributed by atoms with Gasteiger partial charge in [0.05, 0.1) is 11.7 Å². The summed E-state index contributed by atoms with van der Waals surface area (Å²) in [7, 11) is 2.09. The minimum Gasteiger partial charge on any atom is -0.491 e. The summed E-state index contributed by atoms with van der Waals surface area (Å²) in [6.07, 6.45) is 3.71. The lowest BCUT2D eigenvalue weighted by atomic mass is 9.88. The molecule has 4 nitrogen and oxygen atoms in total. The monoisotopic (exact) mass is 474 g/mol. The van der Waals surface area contributed by atoms with Gasteiger partial charge in [-0.1, -0.05) is 34.1 Å². The van der Waals surface area contributed by atoms with E-state index in [-0.39, 0.29) is 6.10 Å². The Labute approximate surface area is 190 Å². The maximum Gasteiger partial charge on any atom is 0.119 e. The molecule has 0 aliphatic carbocycles. The Morgan fingerprint density at radius 1 is 1.10 bits per heavy atom. The Kier molecular flexibility index (Phi) is 8.20. The molecule has 1 heterocycles. The van der Waals surface area contributed by atoms with Crippen LogP contribution >= 0.6 is 15.9 Å². The quantitative estimate of drug-likeness (QED) is 0.546. The number of nitrogens with zero attached hydrogens (tertiary/aromatic N) is 2. The van der Waals surface area contributed by atoms with Gasteiger partial charge in [-0.25, -0.2) is 0 Å². The van der Waals surface area contributed by atoms with Crippen molar-refractivity contribution < 1.29 is 9.84 Å². The minimum absolute atomic E-state index is 0.183. The predicted molar refractivity (Wildman–Crippen MR) is 129 cm³/mol. The molecule has 1 N–H and O–H groups in total. The summed E-state index contributed by atoms with van der Waals surface area (Å²) >= 11 is 3.64. The van der Waals surface area contributed by atoms with E-state index in [1.54, 1.807) is 0 Å². The molecule has 30 heavy (non-hydrogen) atoms. The Morgan fingerprint density at radius 3 is 2.40 bits per heavy atom. The lowest BCUT2D eigenvalue weighted by molar-refractivity contribution is -0.0254. The standard InChI is InChI=1S/C25H35BrN2O2/c1-20(2)30-23-10-8-22(9-11-23)27(3)17-13-25(29)14-18-28(19-15-25)16-12-21-6-4-5-7-24(21)26/h4-11,20,29H,12-19H2,1-3H3. The number of anilines is 1. The van der Waals surface area contributed by atoms with Crippen molar-refractivity contribution in [2.45, 2.75) is 51.2 Å². The van der Waals surface area contributed by atoms with Gasteiger partial charge < -0.3 is 19.6 Å². The van der Waals surface area contributed by atoms with Crippen LogP contribution in [0.5, 0.6) is 5.75 Å². The van der Waals surface area contributed by atoms with E-state index in [4.69, 9.17) is 4.74 Å². The van der Waals surface area contributed by atoms with E-state index >= 15 is 0 Å². The second-order valence-corrected chi connectivity index (χ2v) is 9.59. The number of ether oxygens (including phenoxy) is 1. The Hall–Kier alpha value is -1.56. The molecule has 1 fully saturated rings. The Balaban J connectivity index is 1.42. The SMILES string of the molecule is CC(C)Oc1ccc(N(C)CCC2(O)CCN(CCc3ccccc3Br)CC2)cc1. The Bertz CT molecular complexity index is 786. The second kappa shape index (κ2) is 10.7. The number of benzene rings is 2. The van der Waals surface area contributed by atoms with Gasteiger partial charge in [0, 0.05) is 43.4 Å². The third-order valence-electron chi connectivity index (χ3n) is 6.00. The molecule has 2 aromatic carbocycles. The highest BCUT2D eigenvalue weighted by atomic mass is 79.9. The highest BCUT2D eigenvalue weighted by Crippen LogP contribution is 2.28. The first-order valence-corrected chi connectivity index (χ1v) is 11.8. The van der Waals surface area contributed by atoms with Crippen LogP contribution in [0.1, 0.15) is 38.7 Å². The fraction of sp³-hybridized carbons (Fsp3) is 0.520. The van der Waals surface area contributed by atoms with Crippen LogP contribution in [-0.4, -0.2) is 54.9 Å². The molecular formula is C25H35BrN2O2. The van der Waals surface area contributed by atoms with E-state index in [0.717, 1.165) is 63.3 Å². The lowest BCUT2D eigenvalue weighted by Crippen LogP contribution is -2.46. The molecule has 0 amide bonds. The summed E-state index contributed by atoms with van der Waals surface area (Å²) < 4.78 is 6.90. The van der Waals surface area contributed by atoms with Crippen molar-refractivity contribution in [3.05, 3.63) is 58.6 Å². The van der Waals surface area contributed by atoms with E-state index in [9.17, 15) is 5.11 Å². The number of rotatable bonds is 9. The molecule has 0 aromatic heterocycles. The molecule has 3 rings (SSSR count). The molecule has 0 unspecified atom stereocenters. The van der Waals surface area contributed by atoms with Crippen LogP contribution in [0.15, 0.2) is 53.0 Å². The highest BCUT2D eigenvalue weighted by molar-refractivity contribution is 9.10. The second-order valence-electron chi connectivity index (χ2n) is 8.74. The maximum atomic E-state index is 11.1. The zero-order valence-corrected chi connectivity index (χ0v) is 20.1. The van der Waals surface area contributed by atoms with Crippen LogP contribution in [0, 0.1) is 0 Å². The van der Waals surface area contributed by atoms with Crippen molar-refractivity contribution in [1.82, 2.24) is 4.90 Å². The number of halogens is 1. The van der Waals surface area contributed by atoms with E-state index in [1.807, 2.05) is 26.0 Å². The van der Waals surface area contributed by atoms with E-state index in [1.165, 1.54) is 10.0 Å². The summed E-state index contributed by atoms with van der Waals surface area (Å²) in [4.78, 5) is 4.70. The van der Waals surface area contributed by atoms with Crippen LogP contribution in [0.2, 0.25) is 0 Å². The van der Waals surface area contributed by atoms with Crippen LogP contribution < -0.4 is 9.64 Å². The van der Waals surface area contributed by atoms with Gasteiger partial charge in [0.2, 0.25) is 0 Å². The van der Waals surface area contributed by atoms with Crippen molar-refractivity contribution in [3.63, 3.8) is 0 Å². The van der Waals surface area contributed by atoms with Crippen molar-refractivity contribution in [3.8, 4) is 5.75 Å². The van der Waals surface area contributed by atoms with E-state index < -0.39 is 5.60 Å². The van der Waals surface area contributed by atoms with Crippen molar-refractivity contribution in [1.29, 1.82) is 0 Å². The summed E-state index contributed by atoms with van der Waals surface area (Å²) in [5.41, 5.74) is 1.95. The zero-order valence-electron chi connectivity index (χ0n) is 18.5. The molecule has 1 aliphatic rings. The maximum absolute atomic E-state index is 11.1. The highest BCUT2D eigenvalue weighted by Gasteiger charge is 2.32. The summed E-state index contributed by atoms with van der Waals surface area (Å²) in [5, 5.41) is 11.1. The normalized spacial score (nSPS) is 16.6. The number of likely N-dealkylation sites (tertiary alicyclic amines) is 1. The van der Waals surface area contributed by atoms with Gasteiger partial charge in [-0.15, -0.1) is 0 Å². The molecule has 1 aliphatic heterocycles. The van der Waals surface area contributed by atoms with Gasteiger partial charge in [0.25, 0.3) is 0 Å². The molecule has 164 valence electrons. The Morgan fingerprint density at radius 2 is 1.77 bits per heavy atom. The van der Waals surface area contributed by atoms with Gasteiger partial charge in [0.1, 0.15) is 5.75 Å². The summed E-state index contributed by atoms with van der Waals surface area (Å²) in [6, 6.07) is 16.6. The third kappa shape index (κ3) is 6.73. The molecule has 0 saturated carbocycles. The number of hydrogen-bond acceptors (Lipinski definition) is 4. The molecular weight excluding hydrogens is 440 g/mol. The molecule has 2 aromatic rings. The van der Waals surface area contributed by atoms with Crippen molar-refractivity contribution >= 4 is 21.6 Å². The number of hydrogen-bond donors (Lipinski definition) is 1. The van der Waals surface area contributed by atoms with Gasteiger partial charge in [-0.2, -0.15) is 0 Å². The van der Waals surface area contributed by atoms with Crippen LogP contribution in [-0.2, 0) is 6.42 Å². The predicted octanol–water partition coefficient (Wildman–Crippen LogP) is 5.13. The third-order valence-corrected chi connectivity index (χ3v) is 6.78.